The Labute approximate surface area is 202 Å². The summed E-state index contributed by atoms with van der Waals surface area (Å²) in [6.07, 6.45) is 5.79. The summed E-state index contributed by atoms with van der Waals surface area (Å²) in [5.74, 6) is 0.405. The van der Waals surface area contributed by atoms with Crippen molar-refractivity contribution in [2.45, 2.75) is 45.8 Å². The van der Waals surface area contributed by atoms with Gasteiger partial charge in [-0.05, 0) is 80.1 Å². The van der Waals surface area contributed by atoms with Gasteiger partial charge in [0.2, 0.25) is 5.28 Å². The van der Waals surface area contributed by atoms with E-state index in [1.807, 2.05) is 45.0 Å². The first-order valence-electron chi connectivity index (χ1n) is 10.3. The second-order valence-electron chi connectivity index (χ2n) is 8.43. The average Bonchev–Trinajstić information content (AvgIpc) is 2.73. The number of alkyl carbamates (subject to hydrolysis) is 1. The maximum atomic E-state index is 12.1. The summed E-state index contributed by atoms with van der Waals surface area (Å²) in [6, 6.07) is 7.70. The minimum atomic E-state index is -0.570. The van der Waals surface area contributed by atoms with Crippen molar-refractivity contribution < 1.29 is 9.53 Å². The Morgan fingerprint density at radius 3 is 2.61 bits per heavy atom. The van der Waals surface area contributed by atoms with E-state index in [9.17, 15) is 4.79 Å². The van der Waals surface area contributed by atoms with Crippen LogP contribution < -0.4 is 16.4 Å². The number of aryl methyl sites for hydroxylation is 2. The first kappa shape index (κ1) is 24.5. The zero-order chi connectivity index (χ0) is 24.0. The molecule has 0 saturated carbocycles. The van der Waals surface area contributed by atoms with E-state index in [1.54, 1.807) is 12.4 Å². The first-order valence-corrected chi connectivity index (χ1v) is 11.1. The van der Waals surface area contributed by atoms with Crippen LogP contribution in [0.25, 0.3) is 0 Å². The van der Waals surface area contributed by atoms with Gasteiger partial charge in [0.1, 0.15) is 10.6 Å². The Morgan fingerprint density at radius 2 is 1.88 bits per heavy atom. The van der Waals surface area contributed by atoms with Gasteiger partial charge in [-0.2, -0.15) is 4.98 Å². The molecule has 174 valence electrons. The number of ether oxygens (including phenoxy) is 1. The molecular formula is C23H26Cl2N6O2. The molecule has 0 radical (unpaired) electrons. The van der Waals surface area contributed by atoms with Gasteiger partial charge in [-0.1, -0.05) is 17.7 Å². The number of hydrogen-bond donors (Lipinski definition) is 3. The number of hydrogen-bond acceptors (Lipinski definition) is 7. The number of carbonyl (C=O) groups is 1. The van der Waals surface area contributed by atoms with Crippen molar-refractivity contribution in [1.29, 1.82) is 0 Å². The molecule has 0 aliphatic rings. The van der Waals surface area contributed by atoms with E-state index >= 15 is 0 Å². The summed E-state index contributed by atoms with van der Waals surface area (Å²) in [5, 5.41) is 6.43. The van der Waals surface area contributed by atoms with E-state index in [-0.39, 0.29) is 5.28 Å². The first-order chi connectivity index (χ1) is 15.6. The van der Waals surface area contributed by atoms with Crippen LogP contribution in [0.4, 0.5) is 22.0 Å². The molecular weight excluding hydrogens is 463 g/mol. The number of nitrogens with zero attached hydrogens (tertiary/aromatic N) is 3. The van der Waals surface area contributed by atoms with E-state index in [4.69, 9.17) is 33.7 Å². The third-order valence-electron chi connectivity index (χ3n) is 4.50. The van der Waals surface area contributed by atoms with Crippen molar-refractivity contribution in [2.24, 2.45) is 0 Å². The molecule has 1 amide bonds. The highest BCUT2D eigenvalue weighted by molar-refractivity contribution is 6.33. The average molecular weight is 489 g/mol. The number of benzene rings is 1. The van der Waals surface area contributed by atoms with Crippen LogP contribution in [-0.2, 0) is 24.1 Å². The quantitative estimate of drug-likeness (QED) is 0.385. The number of anilines is 3. The van der Waals surface area contributed by atoms with Gasteiger partial charge < -0.3 is 21.1 Å². The summed E-state index contributed by atoms with van der Waals surface area (Å²) in [6.45, 7) is 5.79. The van der Waals surface area contributed by atoms with Crippen LogP contribution in [0.3, 0.4) is 0 Å². The normalized spacial score (nSPS) is 11.2. The van der Waals surface area contributed by atoms with E-state index in [1.165, 1.54) is 6.20 Å². The lowest BCUT2D eigenvalue weighted by Crippen LogP contribution is -2.32. The number of carbonyl (C=O) groups excluding carboxylic acids is 1. The summed E-state index contributed by atoms with van der Waals surface area (Å²) >= 11 is 12.1. The van der Waals surface area contributed by atoms with Gasteiger partial charge in [0.05, 0.1) is 11.9 Å². The van der Waals surface area contributed by atoms with Crippen molar-refractivity contribution in [3.8, 4) is 0 Å². The molecule has 2 aromatic heterocycles. The maximum absolute atomic E-state index is 12.1. The van der Waals surface area contributed by atoms with Gasteiger partial charge in [-0.15, -0.1) is 0 Å². The molecule has 0 fully saturated rings. The number of nitrogen functional groups attached to an aromatic ring is 1. The molecule has 0 aliphatic heterocycles. The Kier molecular flexibility index (Phi) is 7.94. The standard InChI is InChI=1S/C23H26Cl2N6O2/c1-23(2,3)33-22(32)29-11-16-6-7-18(30-20-19(24)13-28-21(25)31-20)9-15(16)5-4-14-8-17(26)12-27-10-14/h6-10,12-13H,4-5,11,26H2,1-3H3,(H,29,32)(H,28,30,31). The Morgan fingerprint density at radius 1 is 1.09 bits per heavy atom. The van der Waals surface area contributed by atoms with Crippen LogP contribution in [0.15, 0.2) is 42.9 Å². The lowest BCUT2D eigenvalue weighted by Gasteiger charge is -2.20. The van der Waals surface area contributed by atoms with E-state index < -0.39 is 11.7 Å². The number of nitrogens with two attached hydrogens (primary N) is 1. The van der Waals surface area contributed by atoms with Crippen LogP contribution in [-0.4, -0.2) is 26.6 Å². The second-order valence-corrected chi connectivity index (χ2v) is 9.17. The number of aromatic nitrogens is 3. The molecule has 3 aromatic rings. The van der Waals surface area contributed by atoms with Gasteiger partial charge in [0.25, 0.3) is 0 Å². The minimum absolute atomic E-state index is 0.0921. The molecule has 0 unspecified atom stereocenters. The highest BCUT2D eigenvalue weighted by Crippen LogP contribution is 2.26. The summed E-state index contributed by atoms with van der Waals surface area (Å²) in [7, 11) is 0. The number of rotatable bonds is 7. The molecule has 4 N–H and O–H groups in total. The Balaban J connectivity index is 1.81. The molecule has 8 nitrogen and oxygen atoms in total. The second kappa shape index (κ2) is 10.7. The third-order valence-corrected chi connectivity index (χ3v) is 4.96. The van der Waals surface area contributed by atoms with Gasteiger partial charge in [0, 0.05) is 24.6 Å². The fraction of sp³-hybridized carbons (Fsp3) is 0.304. The molecule has 0 saturated heterocycles. The van der Waals surface area contributed by atoms with Crippen molar-refractivity contribution in [3.63, 3.8) is 0 Å². The SMILES string of the molecule is CC(C)(C)OC(=O)NCc1ccc(Nc2nc(Cl)ncc2Cl)cc1CCc1cncc(N)c1. The lowest BCUT2D eigenvalue weighted by atomic mass is 9.99. The predicted octanol–water partition coefficient (Wildman–Crippen LogP) is 5.31. The van der Waals surface area contributed by atoms with E-state index in [0.29, 0.717) is 29.5 Å². The minimum Gasteiger partial charge on any atom is -0.444 e. The lowest BCUT2D eigenvalue weighted by molar-refractivity contribution is 0.0523. The maximum Gasteiger partial charge on any atom is 0.407 e. The highest BCUT2D eigenvalue weighted by atomic mass is 35.5. The summed E-state index contributed by atoms with van der Waals surface area (Å²) in [5.41, 5.74) is 9.67. The van der Waals surface area contributed by atoms with Gasteiger partial charge in [-0.3, -0.25) is 4.98 Å². The fourth-order valence-corrected chi connectivity index (χ4v) is 3.36. The van der Waals surface area contributed by atoms with Crippen molar-refractivity contribution in [3.05, 3.63) is 69.9 Å². The largest absolute Gasteiger partial charge is 0.444 e. The smallest absolute Gasteiger partial charge is 0.407 e. The molecule has 0 bridgehead atoms. The number of pyridine rings is 1. The molecule has 3 rings (SSSR count). The van der Waals surface area contributed by atoms with Crippen LogP contribution in [0, 0.1) is 0 Å². The van der Waals surface area contributed by atoms with Crippen molar-refractivity contribution in [2.75, 3.05) is 11.1 Å². The summed E-state index contributed by atoms with van der Waals surface area (Å²) in [4.78, 5) is 24.3. The molecule has 0 atom stereocenters. The molecule has 2 heterocycles. The van der Waals surface area contributed by atoms with E-state index in [0.717, 1.165) is 28.8 Å². The number of amides is 1. The van der Waals surface area contributed by atoms with Crippen molar-refractivity contribution >= 4 is 46.5 Å². The number of halogens is 2. The molecule has 0 spiro atoms. The van der Waals surface area contributed by atoms with E-state index in [2.05, 4.69) is 25.6 Å². The molecule has 10 heteroatoms. The zero-order valence-corrected chi connectivity index (χ0v) is 20.2. The van der Waals surface area contributed by atoms with Crippen LogP contribution in [0.2, 0.25) is 10.3 Å². The van der Waals surface area contributed by atoms with Crippen LogP contribution in [0.5, 0.6) is 0 Å². The Bertz CT molecular complexity index is 1130. The molecule has 0 aliphatic carbocycles. The molecule has 33 heavy (non-hydrogen) atoms. The molecule has 1 aromatic carbocycles. The van der Waals surface area contributed by atoms with Crippen LogP contribution >= 0.6 is 23.2 Å². The van der Waals surface area contributed by atoms with Gasteiger partial charge in [0.15, 0.2) is 5.82 Å². The number of nitrogens with one attached hydrogen (secondary N) is 2. The monoisotopic (exact) mass is 488 g/mol. The van der Waals surface area contributed by atoms with Gasteiger partial charge in [-0.25, -0.2) is 9.78 Å². The van der Waals surface area contributed by atoms with Crippen molar-refractivity contribution in [1.82, 2.24) is 20.3 Å². The van der Waals surface area contributed by atoms with Crippen LogP contribution in [0.1, 0.15) is 37.5 Å². The highest BCUT2D eigenvalue weighted by Gasteiger charge is 2.16. The summed E-state index contributed by atoms with van der Waals surface area (Å²) < 4.78 is 5.34. The Hall–Kier alpha value is -3.10. The topological polar surface area (TPSA) is 115 Å². The van der Waals surface area contributed by atoms with Gasteiger partial charge >= 0.3 is 6.09 Å². The predicted molar refractivity (Wildman–Crippen MR) is 131 cm³/mol. The zero-order valence-electron chi connectivity index (χ0n) is 18.7. The third kappa shape index (κ3) is 7.76. The fourth-order valence-electron chi connectivity index (χ4n) is 3.08.